The van der Waals surface area contributed by atoms with Gasteiger partial charge in [-0.1, -0.05) is 19.1 Å². The number of nitrogens with two attached hydrogens (primary N) is 1. The molecule has 0 aromatic heterocycles. The van der Waals surface area contributed by atoms with Crippen molar-refractivity contribution in [2.45, 2.75) is 13.3 Å². The Bertz CT molecular complexity index is 467. The van der Waals surface area contributed by atoms with Gasteiger partial charge in [0.25, 0.3) is 5.91 Å². The van der Waals surface area contributed by atoms with Gasteiger partial charge in [0.2, 0.25) is 0 Å². The number of carbonyl (C=O) groups excluding carboxylic acids is 1. The maximum atomic E-state index is 13.2. The van der Waals surface area contributed by atoms with Crippen LogP contribution in [0.2, 0.25) is 0 Å². The molecule has 0 atom stereocenters. The fourth-order valence-electron chi connectivity index (χ4n) is 1.54. The summed E-state index contributed by atoms with van der Waals surface area (Å²) in [6, 6.07) is 4.00. The van der Waals surface area contributed by atoms with Gasteiger partial charge < -0.3 is 10.6 Å². The van der Waals surface area contributed by atoms with Gasteiger partial charge in [-0.3, -0.25) is 4.79 Å². The van der Waals surface area contributed by atoms with Crippen molar-refractivity contribution in [2.75, 3.05) is 13.1 Å². The van der Waals surface area contributed by atoms with E-state index in [0.717, 1.165) is 6.42 Å². The molecule has 0 fully saturated rings. The van der Waals surface area contributed by atoms with E-state index < -0.39 is 5.82 Å². The van der Waals surface area contributed by atoms with Crippen LogP contribution in [0, 0.1) is 5.82 Å². The first-order valence-electron chi connectivity index (χ1n) is 5.48. The highest BCUT2D eigenvalue weighted by Gasteiger charge is 2.18. The molecule has 0 aliphatic heterocycles. The van der Waals surface area contributed by atoms with Crippen molar-refractivity contribution >= 4 is 39.0 Å². The molecule has 0 unspecified atom stereocenters. The van der Waals surface area contributed by atoms with Crippen LogP contribution in [-0.4, -0.2) is 28.9 Å². The summed E-state index contributed by atoms with van der Waals surface area (Å²) in [4.78, 5) is 14.0. The largest absolute Gasteiger partial charge is 0.392 e. The van der Waals surface area contributed by atoms with Crippen LogP contribution in [0.4, 0.5) is 4.39 Å². The van der Waals surface area contributed by atoms with Crippen molar-refractivity contribution in [1.29, 1.82) is 0 Å². The molecular weight excluding hydrogens is 319 g/mol. The molecule has 0 spiro atoms. The van der Waals surface area contributed by atoms with Crippen LogP contribution in [0.15, 0.2) is 22.7 Å². The molecule has 1 aromatic rings. The first-order valence-corrected chi connectivity index (χ1v) is 6.68. The fourth-order valence-corrected chi connectivity index (χ4v) is 2.11. The highest BCUT2D eigenvalue weighted by atomic mass is 79.9. The van der Waals surface area contributed by atoms with E-state index in [4.69, 9.17) is 18.0 Å². The SMILES string of the molecule is CCCN(CC(N)=S)C(=O)c1cc(F)ccc1Br. The molecule has 0 heterocycles. The van der Waals surface area contributed by atoms with E-state index in [1.807, 2.05) is 6.92 Å². The Hall–Kier alpha value is -1.01. The Morgan fingerprint density at radius 3 is 2.78 bits per heavy atom. The first-order chi connectivity index (χ1) is 8.45. The Kier molecular flexibility index (Phi) is 5.68. The zero-order valence-electron chi connectivity index (χ0n) is 9.95. The monoisotopic (exact) mass is 332 g/mol. The summed E-state index contributed by atoms with van der Waals surface area (Å²) in [7, 11) is 0. The lowest BCUT2D eigenvalue weighted by Crippen LogP contribution is -2.38. The molecular formula is C12H14BrFN2OS. The molecule has 0 radical (unpaired) electrons. The summed E-state index contributed by atoms with van der Waals surface area (Å²) in [5, 5.41) is 0. The number of amides is 1. The van der Waals surface area contributed by atoms with Crippen LogP contribution in [-0.2, 0) is 0 Å². The van der Waals surface area contributed by atoms with Gasteiger partial charge in [-0.25, -0.2) is 4.39 Å². The highest BCUT2D eigenvalue weighted by molar-refractivity contribution is 9.10. The predicted molar refractivity (Wildman–Crippen MR) is 77.1 cm³/mol. The summed E-state index contributed by atoms with van der Waals surface area (Å²) in [5.74, 6) is -0.732. The Balaban J connectivity index is 3.01. The molecule has 1 rings (SSSR count). The van der Waals surface area contributed by atoms with Crippen molar-refractivity contribution in [1.82, 2.24) is 4.90 Å². The second kappa shape index (κ2) is 6.80. The predicted octanol–water partition coefficient (Wildman–Crippen LogP) is 2.73. The van der Waals surface area contributed by atoms with Crippen molar-refractivity contribution in [3.8, 4) is 0 Å². The highest BCUT2D eigenvalue weighted by Crippen LogP contribution is 2.19. The second-order valence-corrected chi connectivity index (χ2v) is 5.20. The molecule has 18 heavy (non-hydrogen) atoms. The summed E-state index contributed by atoms with van der Waals surface area (Å²) in [6.45, 7) is 2.67. The molecule has 0 bridgehead atoms. The number of carbonyl (C=O) groups is 1. The van der Waals surface area contributed by atoms with Gasteiger partial charge >= 0.3 is 0 Å². The van der Waals surface area contributed by atoms with Crippen LogP contribution in [0.1, 0.15) is 23.7 Å². The van der Waals surface area contributed by atoms with Crippen molar-refractivity contribution in [3.63, 3.8) is 0 Å². The van der Waals surface area contributed by atoms with Gasteiger partial charge in [-0.15, -0.1) is 0 Å². The number of rotatable bonds is 5. The van der Waals surface area contributed by atoms with Crippen LogP contribution < -0.4 is 5.73 Å². The average molecular weight is 333 g/mol. The van der Waals surface area contributed by atoms with Gasteiger partial charge in [-0.2, -0.15) is 0 Å². The third-order valence-corrected chi connectivity index (χ3v) is 3.11. The van der Waals surface area contributed by atoms with Crippen LogP contribution in [0.5, 0.6) is 0 Å². The summed E-state index contributed by atoms with van der Waals surface area (Å²) >= 11 is 8.05. The number of hydrogen-bond donors (Lipinski definition) is 1. The minimum Gasteiger partial charge on any atom is -0.392 e. The van der Waals surface area contributed by atoms with Crippen molar-refractivity contribution < 1.29 is 9.18 Å². The van der Waals surface area contributed by atoms with Gasteiger partial charge in [0.15, 0.2) is 0 Å². The molecule has 3 nitrogen and oxygen atoms in total. The molecule has 0 saturated heterocycles. The maximum Gasteiger partial charge on any atom is 0.255 e. The summed E-state index contributed by atoms with van der Waals surface area (Å²) < 4.78 is 13.7. The average Bonchev–Trinajstić information content (AvgIpc) is 2.30. The zero-order valence-corrected chi connectivity index (χ0v) is 12.4. The van der Waals surface area contributed by atoms with E-state index in [0.29, 0.717) is 11.0 Å². The zero-order chi connectivity index (χ0) is 13.7. The topological polar surface area (TPSA) is 46.3 Å². The smallest absolute Gasteiger partial charge is 0.255 e. The number of halogens is 2. The molecule has 0 aliphatic rings. The lowest BCUT2D eigenvalue weighted by atomic mass is 10.2. The molecule has 0 aliphatic carbocycles. The number of hydrogen-bond acceptors (Lipinski definition) is 2. The Labute approximate surface area is 119 Å². The molecule has 1 amide bonds. The van der Waals surface area contributed by atoms with E-state index in [1.165, 1.54) is 23.1 Å². The fraction of sp³-hybridized carbons (Fsp3) is 0.333. The van der Waals surface area contributed by atoms with Gasteiger partial charge in [-0.05, 0) is 40.5 Å². The van der Waals surface area contributed by atoms with E-state index in [9.17, 15) is 9.18 Å². The van der Waals surface area contributed by atoms with Gasteiger partial charge in [0.1, 0.15) is 5.82 Å². The number of benzene rings is 1. The van der Waals surface area contributed by atoms with Crippen LogP contribution >= 0.6 is 28.1 Å². The lowest BCUT2D eigenvalue weighted by molar-refractivity contribution is 0.0778. The van der Waals surface area contributed by atoms with Gasteiger partial charge in [0.05, 0.1) is 17.1 Å². The minimum absolute atomic E-state index is 0.199. The van der Waals surface area contributed by atoms with Gasteiger partial charge in [0, 0.05) is 11.0 Å². The quantitative estimate of drug-likeness (QED) is 0.843. The van der Waals surface area contributed by atoms with E-state index >= 15 is 0 Å². The molecule has 1 aromatic carbocycles. The number of nitrogens with zero attached hydrogens (tertiary/aromatic N) is 1. The van der Waals surface area contributed by atoms with E-state index in [2.05, 4.69) is 15.9 Å². The first kappa shape index (κ1) is 15.0. The van der Waals surface area contributed by atoms with E-state index in [1.54, 1.807) is 0 Å². The standard InChI is InChI=1S/C12H14BrFN2OS/c1-2-5-16(7-11(15)18)12(17)9-6-8(14)3-4-10(9)13/h3-4,6H,2,5,7H2,1H3,(H2,15,18). The molecule has 98 valence electrons. The van der Waals surface area contributed by atoms with Crippen LogP contribution in [0.3, 0.4) is 0 Å². The molecule has 6 heteroatoms. The third-order valence-electron chi connectivity index (χ3n) is 2.29. The normalized spacial score (nSPS) is 10.2. The molecule has 2 N–H and O–H groups in total. The summed E-state index contributed by atoms with van der Waals surface area (Å²) in [5.41, 5.74) is 5.74. The minimum atomic E-state index is -0.451. The second-order valence-electron chi connectivity index (χ2n) is 3.82. The van der Waals surface area contributed by atoms with E-state index in [-0.39, 0.29) is 23.0 Å². The van der Waals surface area contributed by atoms with Crippen molar-refractivity contribution in [2.24, 2.45) is 5.73 Å². The summed E-state index contributed by atoms with van der Waals surface area (Å²) in [6.07, 6.45) is 0.779. The van der Waals surface area contributed by atoms with Crippen molar-refractivity contribution in [3.05, 3.63) is 34.1 Å². The Morgan fingerprint density at radius 1 is 1.56 bits per heavy atom. The third kappa shape index (κ3) is 4.03. The molecule has 0 saturated carbocycles. The van der Waals surface area contributed by atoms with Crippen LogP contribution in [0.25, 0.3) is 0 Å². The number of thiocarbonyl (C=S) groups is 1. The lowest BCUT2D eigenvalue weighted by Gasteiger charge is -2.22. The Morgan fingerprint density at radius 2 is 2.22 bits per heavy atom. The maximum absolute atomic E-state index is 13.2.